The van der Waals surface area contributed by atoms with Crippen LogP contribution in [0.5, 0.6) is 0 Å². The number of nitrogens with zero attached hydrogens (tertiary/aromatic N) is 5. The molecule has 0 radical (unpaired) electrons. The third-order valence-corrected chi connectivity index (χ3v) is 4.24. The van der Waals surface area contributed by atoms with E-state index in [9.17, 15) is 0 Å². The molecule has 3 N–H and O–H groups in total. The van der Waals surface area contributed by atoms with Gasteiger partial charge in [0.25, 0.3) is 0 Å². The molecular formula is C14H23N7. The number of hydrogen-bond acceptors (Lipinski definition) is 6. The molecule has 3 rings (SSSR count). The number of likely N-dealkylation sites (tertiary alicyclic amines) is 1. The second kappa shape index (κ2) is 5.85. The van der Waals surface area contributed by atoms with Crippen LogP contribution in [-0.2, 0) is 7.05 Å². The van der Waals surface area contributed by atoms with E-state index in [1.807, 2.05) is 7.05 Å². The molecule has 1 saturated heterocycles. The normalized spacial score (nSPS) is 20.0. The molecule has 7 heteroatoms. The number of aromatic nitrogens is 4. The van der Waals surface area contributed by atoms with Gasteiger partial charge in [0.2, 0.25) is 5.95 Å². The minimum atomic E-state index is 0.474. The lowest BCUT2D eigenvalue weighted by atomic mass is 10.0. The van der Waals surface area contributed by atoms with Crippen LogP contribution in [0.15, 0.2) is 6.20 Å². The lowest BCUT2D eigenvalue weighted by molar-refractivity contribution is 0.167. The summed E-state index contributed by atoms with van der Waals surface area (Å²) in [5.74, 6) is 1.05. The second-order valence-electron chi connectivity index (χ2n) is 5.75. The van der Waals surface area contributed by atoms with Crippen LogP contribution in [0.2, 0.25) is 0 Å². The van der Waals surface area contributed by atoms with Crippen molar-refractivity contribution < 1.29 is 0 Å². The molecule has 2 aromatic heterocycles. The molecule has 0 aliphatic carbocycles. The first-order chi connectivity index (χ1) is 10.1. The smallest absolute Gasteiger partial charge is 0.226 e. The number of hydrogen-bond donors (Lipinski definition) is 2. The third-order valence-electron chi connectivity index (χ3n) is 4.24. The molecule has 0 saturated carbocycles. The summed E-state index contributed by atoms with van der Waals surface area (Å²) in [6.45, 7) is 5.32. The molecule has 0 spiro atoms. The van der Waals surface area contributed by atoms with Gasteiger partial charge in [-0.2, -0.15) is 15.1 Å². The van der Waals surface area contributed by atoms with Crippen molar-refractivity contribution in [3.05, 3.63) is 6.20 Å². The van der Waals surface area contributed by atoms with Crippen LogP contribution in [0.1, 0.15) is 26.2 Å². The van der Waals surface area contributed by atoms with E-state index in [4.69, 9.17) is 5.73 Å². The Morgan fingerprint density at radius 2 is 2.24 bits per heavy atom. The summed E-state index contributed by atoms with van der Waals surface area (Å²) in [5, 5.41) is 8.24. The number of nitrogens with two attached hydrogens (primary N) is 1. The SMILES string of the molecule is CC1CCCCN1CCNc1nc(N)c2cnn(C)c2n1. The summed E-state index contributed by atoms with van der Waals surface area (Å²) < 4.78 is 1.71. The zero-order valence-corrected chi connectivity index (χ0v) is 12.7. The van der Waals surface area contributed by atoms with Gasteiger partial charge >= 0.3 is 0 Å². The van der Waals surface area contributed by atoms with Gasteiger partial charge < -0.3 is 11.1 Å². The van der Waals surface area contributed by atoms with Crippen molar-refractivity contribution in [1.82, 2.24) is 24.6 Å². The Hall–Kier alpha value is -1.89. The Labute approximate surface area is 124 Å². The Kier molecular flexibility index (Phi) is 3.92. The van der Waals surface area contributed by atoms with E-state index in [-0.39, 0.29) is 0 Å². The number of piperidine rings is 1. The topological polar surface area (TPSA) is 84.9 Å². The largest absolute Gasteiger partial charge is 0.383 e. The molecule has 1 atom stereocenters. The molecule has 21 heavy (non-hydrogen) atoms. The van der Waals surface area contributed by atoms with Gasteiger partial charge in [0.15, 0.2) is 5.65 Å². The van der Waals surface area contributed by atoms with Gasteiger partial charge in [0.05, 0.1) is 11.6 Å². The van der Waals surface area contributed by atoms with Crippen LogP contribution in [-0.4, -0.2) is 50.3 Å². The van der Waals surface area contributed by atoms with Gasteiger partial charge in [-0.1, -0.05) is 6.42 Å². The lowest BCUT2D eigenvalue weighted by Gasteiger charge is -2.33. The fourth-order valence-corrected chi connectivity index (χ4v) is 2.92. The van der Waals surface area contributed by atoms with Crippen LogP contribution in [0, 0.1) is 0 Å². The molecule has 0 aromatic carbocycles. The number of rotatable bonds is 4. The summed E-state index contributed by atoms with van der Waals surface area (Å²) in [7, 11) is 1.86. The van der Waals surface area contributed by atoms with Crippen LogP contribution in [0.25, 0.3) is 11.0 Å². The minimum Gasteiger partial charge on any atom is -0.383 e. The summed E-state index contributed by atoms with van der Waals surface area (Å²) >= 11 is 0. The summed E-state index contributed by atoms with van der Waals surface area (Å²) in [6.07, 6.45) is 5.64. The monoisotopic (exact) mass is 289 g/mol. The average molecular weight is 289 g/mol. The molecule has 2 aromatic rings. The van der Waals surface area contributed by atoms with Crippen molar-refractivity contribution >= 4 is 22.8 Å². The molecule has 0 amide bonds. The minimum absolute atomic E-state index is 0.474. The van der Waals surface area contributed by atoms with Gasteiger partial charge in [0.1, 0.15) is 5.82 Å². The number of nitrogen functional groups attached to an aromatic ring is 1. The Morgan fingerprint density at radius 3 is 3.05 bits per heavy atom. The van der Waals surface area contributed by atoms with Crippen molar-refractivity contribution in [2.24, 2.45) is 7.05 Å². The highest BCUT2D eigenvalue weighted by Gasteiger charge is 2.17. The number of anilines is 2. The van der Waals surface area contributed by atoms with E-state index in [0.29, 0.717) is 17.8 Å². The lowest BCUT2D eigenvalue weighted by Crippen LogP contribution is -2.40. The van der Waals surface area contributed by atoms with Crippen LogP contribution < -0.4 is 11.1 Å². The van der Waals surface area contributed by atoms with Crippen molar-refractivity contribution in [2.45, 2.75) is 32.2 Å². The van der Waals surface area contributed by atoms with Crippen molar-refractivity contribution in [2.75, 3.05) is 30.7 Å². The number of fused-ring (bicyclic) bond motifs is 1. The zero-order valence-electron chi connectivity index (χ0n) is 12.7. The summed E-state index contributed by atoms with van der Waals surface area (Å²) in [5.41, 5.74) is 6.71. The highest BCUT2D eigenvalue weighted by atomic mass is 15.3. The van der Waals surface area contributed by atoms with Crippen molar-refractivity contribution in [3.63, 3.8) is 0 Å². The third kappa shape index (κ3) is 2.92. The molecule has 114 valence electrons. The highest BCUT2D eigenvalue weighted by molar-refractivity contribution is 5.86. The Morgan fingerprint density at radius 1 is 1.38 bits per heavy atom. The highest BCUT2D eigenvalue weighted by Crippen LogP contribution is 2.18. The van der Waals surface area contributed by atoms with E-state index >= 15 is 0 Å². The maximum Gasteiger partial charge on any atom is 0.226 e. The van der Waals surface area contributed by atoms with Crippen molar-refractivity contribution in [3.8, 4) is 0 Å². The zero-order chi connectivity index (χ0) is 14.8. The maximum atomic E-state index is 5.95. The molecule has 0 bridgehead atoms. The maximum absolute atomic E-state index is 5.95. The van der Waals surface area contributed by atoms with Crippen LogP contribution in [0.3, 0.4) is 0 Å². The van der Waals surface area contributed by atoms with Gasteiger partial charge in [-0.05, 0) is 26.3 Å². The first kappa shape index (κ1) is 14.1. The Bertz CT molecular complexity index is 621. The van der Waals surface area contributed by atoms with E-state index in [1.54, 1.807) is 10.9 Å². The van der Waals surface area contributed by atoms with Crippen LogP contribution >= 0.6 is 0 Å². The summed E-state index contributed by atoms with van der Waals surface area (Å²) in [4.78, 5) is 11.3. The quantitative estimate of drug-likeness (QED) is 0.880. The van der Waals surface area contributed by atoms with Gasteiger partial charge in [-0.25, -0.2) is 0 Å². The van der Waals surface area contributed by atoms with Gasteiger partial charge in [0, 0.05) is 26.2 Å². The van der Waals surface area contributed by atoms with Gasteiger partial charge in [-0.3, -0.25) is 9.58 Å². The Balaban J connectivity index is 1.64. The summed E-state index contributed by atoms with van der Waals surface area (Å²) in [6, 6.07) is 0.672. The average Bonchev–Trinajstić information content (AvgIpc) is 2.83. The van der Waals surface area contributed by atoms with Crippen LogP contribution in [0.4, 0.5) is 11.8 Å². The second-order valence-corrected chi connectivity index (χ2v) is 5.75. The fourth-order valence-electron chi connectivity index (χ4n) is 2.92. The molecule has 1 aliphatic heterocycles. The first-order valence-corrected chi connectivity index (χ1v) is 7.58. The van der Waals surface area contributed by atoms with Gasteiger partial charge in [-0.15, -0.1) is 0 Å². The van der Waals surface area contributed by atoms with E-state index < -0.39 is 0 Å². The van der Waals surface area contributed by atoms with E-state index in [2.05, 4.69) is 32.2 Å². The molecule has 1 unspecified atom stereocenters. The molecular weight excluding hydrogens is 266 g/mol. The molecule has 7 nitrogen and oxygen atoms in total. The van der Waals surface area contributed by atoms with Crippen molar-refractivity contribution in [1.29, 1.82) is 0 Å². The first-order valence-electron chi connectivity index (χ1n) is 7.58. The molecule has 1 fully saturated rings. The predicted molar refractivity (Wildman–Crippen MR) is 84.1 cm³/mol. The number of aryl methyl sites for hydroxylation is 1. The van der Waals surface area contributed by atoms with E-state index in [1.165, 1.54) is 25.8 Å². The molecule has 3 heterocycles. The fraction of sp³-hybridized carbons (Fsp3) is 0.643. The predicted octanol–water partition coefficient (Wildman–Crippen LogP) is 1.23. The van der Waals surface area contributed by atoms with E-state index in [0.717, 1.165) is 24.1 Å². The standard InChI is InChI=1S/C14H23N7/c1-10-5-3-4-7-21(10)8-6-16-14-18-12(15)11-9-17-20(2)13(11)19-14/h9-10H,3-8H2,1-2H3,(H3,15,16,18,19). The number of nitrogens with one attached hydrogen (secondary N) is 1. The molecule has 1 aliphatic rings.